The number of rotatable bonds is 8. The van der Waals surface area contributed by atoms with Gasteiger partial charge in [0.05, 0.1) is 19.0 Å². The molecule has 0 fully saturated rings. The molecular formula is C24H23ClN4O5. The van der Waals surface area contributed by atoms with E-state index >= 15 is 0 Å². The number of halogens is 1. The second-order valence-corrected chi connectivity index (χ2v) is 7.72. The van der Waals surface area contributed by atoms with E-state index in [0.29, 0.717) is 27.8 Å². The van der Waals surface area contributed by atoms with Crippen LogP contribution < -0.4 is 20.8 Å². The van der Waals surface area contributed by atoms with E-state index in [1.807, 2.05) is 32.0 Å². The molecule has 0 bridgehead atoms. The fourth-order valence-corrected chi connectivity index (χ4v) is 2.96. The van der Waals surface area contributed by atoms with Crippen molar-refractivity contribution in [2.24, 2.45) is 5.10 Å². The fourth-order valence-electron chi connectivity index (χ4n) is 2.78. The van der Waals surface area contributed by atoms with Gasteiger partial charge in [0.1, 0.15) is 11.5 Å². The van der Waals surface area contributed by atoms with E-state index in [1.54, 1.807) is 30.3 Å². The molecule has 0 aliphatic rings. The molecule has 3 aromatic rings. The van der Waals surface area contributed by atoms with Crippen molar-refractivity contribution in [3.8, 4) is 5.75 Å². The maximum atomic E-state index is 12.3. The molecule has 176 valence electrons. The largest absolute Gasteiger partial charge is 0.483 e. The van der Waals surface area contributed by atoms with E-state index in [0.717, 1.165) is 11.1 Å². The molecule has 3 amide bonds. The monoisotopic (exact) mass is 482 g/mol. The molecule has 2 aromatic carbocycles. The van der Waals surface area contributed by atoms with E-state index in [4.69, 9.17) is 20.8 Å². The number of carbonyl (C=O) groups is 3. The standard InChI is InChI=1S/C24H23ClN4O5/c1-15-5-7-19(10-16(15)2)28-22(30)14-34-21-8-6-18(25)11-17(21)12-27-29-24(32)23(31)26-13-20-4-3-9-33-20/h3-12H,13-14H2,1-2H3,(H,26,31)(H,28,30)(H,29,32)/b27-12-. The highest BCUT2D eigenvalue weighted by atomic mass is 35.5. The molecule has 0 radical (unpaired) electrons. The van der Waals surface area contributed by atoms with Crippen molar-refractivity contribution >= 4 is 41.2 Å². The summed E-state index contributed by atoms with van der Waals surface area (Å²) in [5.74, 6) is -1.35. The van der Waals surface area contributed by atoms with Crippen LogP contribution in [0, 0.1) is 13.8 Å². The Morgan fingerprint density at radius 1 is 1.06 bits per heavy atom. The summed E-state index contributed by atoms with van der Waals surface area (Å²) < 4.78 is 10.7. The first kappa shape index (κ1) is 24.5. The number of amides is 3. The molecule has 9 nitrogen and oxygen atoms in total. The smallest absolute Gasteiger partial charge is 0.329 e. The van der Waals surface area contributed by atoms with Gasteiger partial charge in [0.15, 0.2) is 6.61 Å². The van der Waals surface area contributed by atoms with Gasteiger partial charge in [0.2, 0.25) is 0 Å². The van der Waals surface area contributed by atoms with Gasteiger partial charge in [-0.15, -0.1) is 0 Å². The van der Waals surface area contributed by atoms with Gasteiger partial charge >= 0.3 is 11.8 Å². The molecule has 1 aromatic heterocycles. The second kappa shape index (κ2) is 11.7. The van der Waals surface area contributed by atoms with Crippen molar-refractivity contribution < 1.29 is 23.5 Å². The Kier molecular flexibility index (Phi) is 8.42. The Morgan fingerprint density at radius 2 is 1.88 bits per heavy atom. The molecule has 10 heteroatoms. The first-order valence-electron chi connectivity index (χ1n) is 10.2. The van der Waals surface area contributed by atoms with Crippen molar-refractivity contribution in [1.82, 2.24) is 10.7 Å². The lowest BCUT2D eigenvalue weighted by Crippen LogP contribution is -2.37. The molecule has 0 aliphatic heterocycles. The summed E-state index contributed by atoms with van der Waals surface area (Å²) in [7, 11) is 0. The molecule has 0 unspecified atom stereocenters. The van der Waals surface area contributed by atoms with Crippen LogP contribution in [-0.4, -0.2) is 30.5 Å². The molecule has 0 saturated heterocycles. The molecule has 1 heterocycles. The normalized spacial score (nSPS) is 10.7. The van der Waals surface area contributed by atoms with Gasteiger partial charge in [-0.3, -0.25) is 14.4 Å². The summed E-state index contributed by atoms with van der Waals surface area (Å²) in [4.78, 5) is 36.0. The van der Waals surface area contributed by atoms with Crippen molar-refractivity contribution in [2.45, 2.75) is 20.4 Å². The van der Waals surface area contributed by atoms with E-state index in [9.17, 15) is 14.4 Å². The number of nitrogens with zero attached hydrogens (tertiary/aromatic N) is 1. The van der Waals surface area contributed by atoms with Crippen molar-refractivity contribution in [2.75, 3.05) is 11.9 Å². The Labute approximate surface area is 201 Å². The Balaban J connectivity index is 1.54. The predicted octanol–water partition coefficient (Wildman–Crippen LogP) is 3.33. The average Bonchev–Trinajstić information content (AvgIpc) is 3.33. The lowest BCUT2D eigenvalue weighted by Gasteiger charge is -2.11. The fraction of sp³-hybridized carbons (Fsp3) is 0.167. The van der Waals surface area contributed by atoms with Crippen LogP contribution in [0.25, 0.3) is 0 Å². The first-order valence-corrected chi connectivity index (χ1v) is 10.6. The van der Waals surface area contributed by atoms with Gasteiger partial charge in [-0.25, -0.2) is 5.43 Å². The Bertz CT molecular complexity index is 1210. The summed E-state index contributed by atoms with van der Waals surface area (Å²) in [6.07, 6.45) is 2.73. The van der Waals surface area contributed by atoms with Crippen LogP contribution in [0.15, 0.2) is 64.3 Å². The van der Waals surface area contributed by atoms with Crippen molar-refractivity contribution in [3.63, 3.8) is 0 Å². The lowest BCUT2D eigenvalue weighted by atomic mass is 10.1. The number of hydrogen-bond donors (Lipinski definition) is 3. The topological polar surface area (TPSA) is 122 Å². The van der Waals surface area contributed by atoms with Crippen LogP contribution >= 0.6 is 11.6 Å². The third-order valence-electron chi connectivity index (χ3n) is 4.70. The van der Waals surface area contributed by atoms with E-state index in [2.05, 4.69) is 21.2 Å². The van der Waals surface area contributed by atoms with Gasteiger partial charge in [-0.1, -0.05) is 17.7 Å². The number of hydrazone groups is 1. The molecule has 0 aliphatic carbocycles. The van der Waals surface area contributed by atoms with Gasteiger partial charge in [0, 0.05) is 16.3 Å². The highest BCUT2D eigenvalue weighted by molar-refractivity contribution is 6.35. The minimum Gasteiger partial charge on any atom is -0.483 e. The number of aryl methyl sites for hydroxylation is 2. The van der Waals surface area contributed by atoms with E-state index in [-0.39, 0.29) is 19.1 Å². The SMILES string of the molecule is Cc1ccc(NC(=O)COc2ccc(Cl)cc2/C=N\NC(=O)C(=O)NCc2ccco2)cc1C. The minimum absolute atomic E-state index is 0.0689. The summed E-state index contributed by atoms with van der Waals surface area (Å²) in [5, 5.41) is 9.35. The average molecular weight is 483 g/mol. The molecule has 3 rings (SSSR count). The van der Waals surface area contributed by atoms with Crippen LogP contribution in [0.3, 0.4) is 0 Å². The summed E-state index contributed by atoms with van der Waals surface area (Å²) in [6.45, 7) is 3.77. The van der Waals surface area contributed by atoms with E-state index in [1.165, 1.54) is 12.5 Å². The van der Waals surface area contributed by atoms with Crippen molar-refractivity contribution in [3.05, 3.63) is 82.3 Å². The lowest BCUT2D eigenvalue weighted by molar-refractivity contribution is -0.139. The van der Waals surface area contributed by atoms with Crippen LogP contribution in [-0.2, 0) is 20.9 Å². The predicted molar refractivity (Wildman–Crippen MR) is 128 cm³/mol. The molecule has 0 atom stereocenters. The zero-order valence-electron chi connectivity index (χ0n) is 18.6. The first-order chi connectivity index (χ1) is 16.3. The van der Waals surface area contributed by atoms with Gasteiger partial charge < -0.3 is 19.8 Å². The quantitative estimate of drug-likeness (QED) is 0.258. The number of ether oxygens (including phenoxy) is 1. The van der Waals surface area contributed by atoms with Gasteiger partial charge in [-0.05, 0) is 67.4 Å². The number of anilines is 1. The minimum atomic E-state index is -0.958. The summed E-state index contributed by atoms with van der Waals surface area (Å²) in [5.41, 5.74) is 5.39. The zero-order valence-corrected chi connectivity index (χ0v) is 19.3. The number of benzene rings is 2. The van der Waals surface area contributed by atoms with Gasteiger partial charge in [-0.2, -0.15) is 5.10 Å². The third kappa shape index (κ3) is 7.21. The molecule has 0 saturated carbocycles. The Morgan fingerprint density at radius 3 is 2.62 bits per heavy atom. The maximum absolute atomic E-state index is 12.3. The van der Waals surface area contributed by atoms with Crippen molar-refractivity contribution in [1.29, 1.82) is 0 Å². The highest BCUT2D eigenvalue weighted by Crippen LogP contribution is 2.21. The molecule has 3 N–H and O–H groups in total. The summed E-state index contributed by atoms with van der Waals surface area (Å²) >= 11 is 6.04. The van der Waals surface area contributed by atoms with Crippen LogP contribution in [0.1, 0.15) is 22.5 Å². The number of furan rings is 1. The Hall–Kier alpha value is -4.11. The molecule has 0 spiro atoms. The second-order valence-electron chi connectivity index (χ2n) is 7.28. The molecule has 34 heavy (non-hydrogen) atoms. The number of carbonyl (C=O) groups excluding carboxylic acids is 3. The molecular weight excluding hydrogens is 460 g/mol. The zero-order chi connectivity index (χ0) is 24.5. The number of nitrogens with one attached hydrogen (secondary N) is 3. The van der Waals surface area contributed by atoms with E-state index < -0.39 is 11.8 Å². The van der Waals surface area contributed by atoms with Gasteiger partial charge in [0.25, 0.3) is 5.91 Å². The maximum Gasteiger partial charge on any atom is 0.329 e. The summed E-state index contributed by atoms with van der Waals surface area (Å²) in [6, 6.07) is 13.7. The highest BCUT2D eigenvalue weighted by Gasteiger charge is 2.13. The third-order valence-corrected chi connectivity index (χ3v) is 4.94. The van der Waals surface area contributed by atoms with Crippen LogP contribution in [0.5, 0.6) is 5.75 Å². The van der Waals surface area contributed by atoms with Crippen LogP contribution in [0.2, 0.25) is 5.02 Å². The number of hydrogen-bond acceptors (Lipinski definition) is 6. The van der Waals surface area contributed by atoms with Crippen LogP contribution in [0.4, 0.5) is 5.69 Å².